The van der Waals surface area contributed by atoms with Crippen molar-refractivity contribution in [1.29, 1.82) is 0 Å². The van der Waals surface area contributed by atoms with Gasteiger partial charge in [0.2, 0.25) is 0 Å². The van der Waals surface area contributed by atoms with Gasteiger partial charge < -0.3 is 9.64 Å². The number of carbonyl (C=O) groups is 3. The summed E-state index contributed by atoms with van der Waals surface area (Å²) >= 11 is 0. The van der Waals surface area contributed by atoms with Crippen LogP contribution in [0.2, 0.25) is 0 Å². The lowest BCUT2D eigenvalue weighted by atomic mass is 9.66. The maximum atomic E-state index is 13.6. The molecule has 0 spiro atoms. The average molecular weight is 333 g/mol. The lowest BCUT2D eigenvalue weighted by Crippen LogP contribution is -2.57. The lowest BCUT2D eigenvalue weighted by molar-refractivity contribution is -0.175. The number of amides is 1. The standard InChI is InChI=1S/C19H27NO4/c1-17(2)18(3)9-10-19(17,24-16(18)23)15(22)20-11-5-4-6-12-13(20)7-8-14(12)21/h12-13H,4-11H2,1-3H3/t12-,13+,18+,19-/m1/s1. The molecular formula is C19H27NO4. The van der Waals surface area contributed by atoms with Gasteiger partial charge in [0, 0.05) is 30.3 Å². The van der Waals surface area contributed by atoms with Crippen LogP contribution >= 0.6 is 0 Å². The first-order chi connectivity index (χ1) is 11.2. The minimum absolute atomic E-state index is 0.00355. The fourth-order valence-electron chi connectivity index (χ4n) is 5.64. The van der Waals surface area contributed by atoms with E-state index in [1.165, 1.54) is 0 Å². The van der Waals surface area contributed by atoms with Crippen LogP contribution in [0.3, 0.4) is 0 Å². The number of likely N-dealkylation sites (tertiary alicyclic amines) is 1. The van der Waals surface area contributed by atoms with E-state index in [2.05, 4.69) is 0 Å². The molecule has 0 N–H and O–H groups in total. The van der Waals surface area contributed by atoms with Gasteiger partial charge in [-0.1, -0.05) is 20.3 Å². The molecule has 4 fully saturated rings. The van der Waals surface area contributed by atoms with Gasteiger partial charge in [0.15, 0.2) is 5.60 Å². The van der Waals surface area contributed by atoms with Crippen LogP contribution in [0.5, 0.6) is 0 Å². The highest BCUT2D eigenvalue weighted by Crippen LogP contribution is 2.66. The maximum Gasteiger partial charge on any atom is 0.313 e. The van der Waals surface area contributed by atoms with Crippen LogP contribution in [0, 0.1) is 16.7 Å². The van der Waals surface area contributed by atoms with Crippen molar-refractivity contribution < 1.29 is 19.1 Å². The molecule has 4 aliphatic rings. The fourth-order valence-corrected chi connectivity index (χ4v) is 5.64. The number of esters is 1. The molecule has 2 heterocycles. The van der Waals surface area contributed by atoms with E-state index in [4.69, 9.17) is 4.74 Å². The number of hydrogen-bond acceptors (Lipinski definition) is 4. The predicted molar refractivity (Wildman–Crippen MR) is 87.0 cm³/mol. The van der Waals surface area contributed by atoms with Crippen molar-refractivity contribution in [3.05, 3.63) is 0 Å². The molecular weight excluding hydrogens is 306 g/mol. The molecule has 2 aliphatic carbocycles. The molecule has 4 atom stereocenters. The number of carbonyl (C=O) groups excluding carboxylic acids is 3. The highest BCUT2D eigenvalue weighted by atomic mass is 16.6. The molecule has 0 aromatic carbocycles. The van der Waals surface area contributed by atoms with Crippen molar-refractivity contribution in [2.45, 2.75) is 77.4 Å². The van der Waals surface area contributed by atoms with Crippen molar-refractivity contribution in [2.24, 2.45) is 16.7 Å². The second-order valence-electron chi connectivity index (χ2n) is 8.85. The summed E-state index contributed by atoms with van der Waals surface area (Å²) in [5.41, 5.74) is -2.14. The van der Waals surface area contributed by atoms with E-state index in [1.807, 2.05) is 25.7 Å². The minimum atomic E-state index is -1.04. The Balaban J connectivity index is 1.71. The third kappa shape index (κ3) is 1.68. The number of Topliss-reactive ketones (excluding diaryl/α,β-unsaturated/α-hetero) is 1. The summed E-state index contributed by atoms with van der Waals surface area (Å²) < 4.78 is 5.78. The Hall–Kier alpha value is -1.39. The number of ketones is 1. The topological polar surface area (TPSA) is 63.7 Å². The number of hydrogen-bond donors (Lipinski definition) is 0. The third-order valence-corrected chi connectivity index (χ3v) is 7.82. The van der Waals surface area contributed by atoms with Gasteiger partial charge in [0.25, 0.3) is 5.91 Å². The second kappa shape index (κ2) is 4.83. The first-order valence-electron chi connectivity index (χ1n) is 9.32. The summed E-state index contributed by atoms with van der Waals surface area (Å²) in [6.07, 6.45) is 5.44. The third-order valence-electron chi connectivity index (χ3n) is 7.82. The van der Waals surface area contributed by atoms with Gasteiger partial charge in [0.05, 0.1) is 5.41 Å². The molecule has 0 aromatic heterocycles. The Morgan fingerprint density at radius 3 is 2.50 bits per heavy atom. The van der Waals surface area contributed by atoms with Gasteiger partial charge in [-0.3, -0.25) is 14.4 Å². The van der Waals surface area contributed by atoms with Gasteiger partial charge >= 0.3 is 5.97 Å². The molecule has 2 bridgehead atoms. The first-order valence-corrected chi connectivity index (χ1v) is 9.32. The van der Waals surface area contributed by atoms with Crippen molar-refractivity contribution in [1.82, 2.24) is 4.90 Å². The van der Waals surface area contributed by atoms with E-state index in [0.717, 1.165) is 25.7 Å². The van der Waals surface area contributed by atoms with Gasteiger partial charge in [0.1, 0.15) is 5.78 Å². The number of rotatable bonds is 1. The highest BCUT2D eigenvalue weighted by molar-refractivity contribution is 5.97. The number of ether oxygens (including phenoxy) is 1. The summed E-state index contributed by atoms with van der Waals surface area (Å²) in [4.78, 5) is 40.2. The smallest absolute Gasteiger partial charge is 0.313 e. The summed E-state index contributed by atoms with van der Waals surface area (Å²) in [5, 5.41) is 0. The van der Waals surface area contributed by atoms with E-state index in [1.54, 1.807) is 0 Å². The van der Waals surface area contributed by atoms with Crippen LogP contribution < -0.4 is 0 Å². The second-order valence-corrected chi connectivity index (χ2v) is 8.85. The number of nitrogens with zero attached hydrogens (tertiary/aromatic N) is 1. The van der Waals surface area contributed by atoms with Crippen molar-refractivity contribution in [2.75, 3.05) is 6.54 Å². The van der Waals surface area contributed by atoms with Crippen molar-refractivity contribution >= 4 is 17.7 Å². The predicted octanol–water partition coefficient (Wildman–Crippen LogP) is 2.47. The van der Waals surface area contributed by atoms with Crippen LogP contribution in [0.15, 0.2) is 0 Å². The Morgan fingerprint density at radius 2 is 1.88 bits per heavy atom. The summed E-state index contributed by atoms with van der Waals surface area (Å²) in [7, 11) is 0. The van der Waals surface area contributed by atoms with Gasteiger partial charge in [-0.25, -0.2) is 0 Å². The van der Waals surface area contributed by atoms with Crippen LogP contribution in [-0.4, -0.2) is 40.7 Å². The molecule has 0 radical (unpaired) electrons. The first kappa shape index (κ1) is 16.1. The van der Waals surface area contributed by atoms with E-state index in [-0.39, 0.29) is 23.8 Å². The zero-order chi connectivity index (χ0) is 17.3. The Labute approximate surface area is 143 Å². The monoisotopic (exact) mass is 333 g/mol. The lowest BCUT2D eigenvalue weighted by Gasteiger charge is -2.41. The van der Waals surface area contributed by atoms with Crippen LogP contribution in [0.25, 0.3) is 0 Å². The van der Waals surface area contributed by atoms with Gasteiger partial charge in [-0.05, 0) is 39.0 Å². The summed E-state index contributed by atoms with van der Waals surface area (Å²) in [6, 6.07) is 0.00355. The molecule has 1 amide bonds. The molecule has 2 saturated heterocycles. The molecule has 4 rings (SSSR count). The zero-order valence-corrected chi connectivity index (χ0v) is 14.9. The maximum absolute atomic E-state index is 13.6. The number of fused-ring (bicyclic) bond motifs is 3. The largest absolute Gasteiger partial charge is 0.448 e. The molecule has 24 heavy (non-hydrogen) atoms. The molecule has 2 saturated carbocycles. The molecule has 0 unspecified atom stereocenters. The summed E-state index contributed by atoms with van der Waals surface area (Å²) in [5.74, 6) is 0.00614. The van der Waals surface area contributed by atoms with E-state index < -0.39 is 16.4 Å². The Kier molecular flexibility index (Phi) is 3.24. The quantitative estimate of drug-likeness (QED) is 0.692. The summed E-state index contributed by atoms with van der Waals surface area (Å²) in [6.45, 7) is 6.61. The molecule has 5 heteroatoms. The zero-order valence-electron chi connectivity index (χ0n) is 14.9. The van der Waals surface area contributed by atoms with Crippen LogP contribution in [-0.2, 0) is 19.1 Å². The van der Waals surface area contributed by atoms with Crippen molar-refractivity contribution in [3.63, 3.8) is 0 Å². The van der Waals surface area contributed by atoms with Crippen molar-refractivity contribution in [3.8, 4) is 0 Å². The highest BCUT2D eigenvalue weighted by Gasteiger charge is 2.76. The average Bonchev–Trinajstić information content (AvgIpc) is 2.95. The molecule has 2 aliphatic heterocycles. The van der Waals surface area contributed by atoms with Crippen LogP contribution in [0.1, 0.15) is 65.7 Å². The molecule has 5 nitrogen and oxygen atoms in total. The van der Waals surface area contributed by atoms with Crippen LogP contribution in [0.4, 0.5) is 0 Å². The fraction of sp³-hybridized carbons (Fsp3) is 0.842. The Morgan fingerprint density at radius 1 is 1.12 bits per heavy atom. The molecule has 0 aromatic rings. The van der Waals surface area contributed by atoms with E-state index in [0.29, 0.717) is 31.6 Å². The molecule has 132 valence electrons. The van der Waals surface area contributed by atoms with Gasteiger partial charge in [-0.15, -0.1) is 0 Å². The minimum Gasteiger partial charge on any atom is -0.448 e. The SMILES string of the molecule is CC1(C)[C@@]2(C)CC[C@]1(C(=O)N1CCCC[C@H]3C(=O)CC[C@@H]31)OC2=O. The van der Waals surface area contributed by atoms with E-state index in [9.17, 15) is 14.4 Å². The van der Waals surface area contributed by atoms with Gasteiger partial charge in [-0.2, -0.15) is 0 Å². The Bertz CT molecular complexity index is 627. The van der Waals surface area contributed by atoms with E-state index >= 15 is 0 Å². The normalized spacial score (nSPS) is 43.5.